The normalized spacial score (nSPS) is 22.2. The van der Waals surface area contributed by atoms with Crippen molar-refractivity contribution in [3.8, 4) is 0 Å². The van der Waals surface area contributed by atoms with E-state index in [1.807, 2.05) is 12.1 Å². The quantitative estimate of drug-likeness (QED) is 0.370. The van der Waals surface area contributed by atoms with Crippen LogP contribution >= 0.6 is 0 Å². The lowest BCUT2D eigenvalue weighted by Crippen LogP contribution is -2.51. The zero-order chi connectivity index (χ0) is 21.2. The molecule has 0 saturated carbocycles. The smallest absolute Gasteiger partial charge is 0.105 e. The maximum absolute atomic E-state index is 6.97. The lowest BCUT2D eigenvalue weighted by molar-refractivity contribution is 0.344. The summed E-state index contributed by atoms with van der Waals surface area (Å²) in [7, 11) is 6.97. The first-order valence-electron chi connectivity index (χ1n) is 10.9. The molecule has 1 heterocycles. The van der Waals surface area contributed by atoms with Crippen molar-refractivity contribution >= 4 is 24.9 Å². The minimum Gasteiger partial charge on any atom is -0.385 e. The summed E-state index contributed by atoms with van der Waals surface area (Å²) in [5.41, 5.74) is 5.85. The van der Waals surface area contributed by atoms with Gasteiger partial charge in [-0.05, 0) is 24.5 Å². The Morgan fingerprint density at radius 2 is 1.47 bits per heavy atom. The number of aliphatic imine (C=N–C) groups is 1. The van der Waals surface area contributed by atoms with E-state index in [-0.39, 0.29) is 5.41 Å². The highest BCUT2D eigenvalue weighted by Gasteiger charge is 2.50. The van der Waals surface area contributed by atoms with Crippen molar-refractivity contribution in [1.29, 1.82) is 0 Å². The van der Waals surface area contributed by atoms with E-state index >= 15 is 0 Å². The fraction of sp³-hybridized carbons (Fsp3) is 0.296. The average Bonchev–Trinajstić information content (AvgIpc) is 3.01. The van der Waals surface area contributed by atoms with E-state index in [1.54, 1.807) is 0 Å². The van der Waals surface area contributed by atoms with Gasteiger partial charge < -0.3 is 5.32 Å². The SMILES string of the molecule is [B][C@@]1(CCC)Nc2c(N=C(c3ccccc3)c3ccccc3)cccc2[C@]1(C)CC. The minimum atomic E-state index is -0.468. The van der Waals surface area contributed by atoms with Crippen LogP contribution in [0.25, 0.3) is 0 Å². The zero-order valence-corrected chi connectivity index (χ0v) is 18.2. The number of anilines is 1. The molecule has 3 aromatic rings. The van der Waals surface area contributed by atoms with Gasteiger partial charge in [0, 0.05) is 22.0 Å². The zero-order valence-electron chi connectivity index (χ0n) is 18.2. The molecule has 3 aromatic carbocycles. The second kappa shape index (κ2) is 8.14. The predicted molar refractivity (Wildman–Crippen MR) is 129 cm³/mol. The Bertz CT molecular complexity index is 1000. The summed E-state index contributed by atoms with van der Waals surface area (Å²) >= 11 is 0. The molecule has 0 spiro atoms. The van der Waals surface area contributed by atoms with Gasteiger partial charge in [-0.15, -0.1) is 0 Å². The molecule has 4 rings (SSSR count). The lowest BCUT2D eigenvalue weighted by atomic mass is 9.56. The molecule has 0 bridgehead atoms. The summed E-state index contributed by atoms with van der Waals surface area (Å²) in [5.74, 6) is 0. The Labute approximate surface area is 181 Å². The van der Waals surface area contributed by atoms with Crippen molar-refractivity contribution in [3.05, 3.63) is 95.6 Å². The number of hydrogen-bond donors (Lipinski definition) is 1. The fourth-order valence-electron chi connectivity index (χ4n) is 4.67. The van der Waals surface area contributed by atoms with E-state index in [9.17, 15) is 0 Å². The van der Waals surface area contributed by atoms with Crippen LogP contribution in [0.5, 0.6) is 0 Å². The highest BCUT2D eigenvalue weighted by atomic mass is 15.0. The maximum Gasteiger partial charge on any atom is 0.105 e. The van der Waals surface area contributed by atoms with E-state index in [0.717, 1.165) is 47.5 Å². The van der Waals surface area contributed by atoms with E-state index < -0.39 is 5.44 Å². The third-order valence-electron chi connectivity index (χ3n) is 6.65. The Morgan fingerprint density at radius 1 is 0.867 bits per heavy atom. The number of nitrogens with one attached hydrogen (secondary N) is 1. The van der Waals surface area contributed by atoms with Gasteiger partial charge in [-0.1, -0.05) is 100.0 Å². The second-order valence-corrected chi connectivity index (χ2v) is 8.42. The van der Waals surface area contributed by atoms with Crippen molar-refractivity contribution in [2.75, 3.05) is 5.32 Å². The first kappa shape index (κ1) is 20.5. The van der Waals surface area contributed by atoms with Gasteiger partial charge in [0.15, 0.2) is 0 Å². The first-order chi connectivity index (χ1) is 14.5. The molecule has 150 valence electrons. The van der Waals surface area contributed by atoms with Crippen molar-refractivity contribution in [2.45, 2.75) is 50.9 Å². The molecule has 0 aliphatic carbocycles. The molecule has 1 N–H and O–H groups in total. The number of hydrogen-bond acceptors (Lipinski definition) is 2. The largest absolute Gasteiger partial charge is 0.385 e. The fourth-order valence-corrected chi connectivity index (χ4v) is 4.67. The molecule has 0 aromatic heterocycles. The molecule has 0 saturated heterocycles. The molecule has 2 nitrogen and oxygen atoms in total. The van der Waals surface area contributed by atoms with Crippen molar-refractivity contribution < 1.29 is 0 Å². The Balaban J connectivity index is 1.89. The van der Waals surface area contributed by atoms with Gasteiger partial charge in [0.05, 0.1) is 17.1 Å². The monoisotopic (exact) mass is 392 g/mol. The van der Waals surface area contributed by atoms with Crippen LogP contribution in [-0.2, 0) is 5.41 Å². The average molecular weight is 392 g/mol. The van der Waals surface area contributed by atoms with Crippen molar-refractivity contribution in [1.82, 2.24) is 0 Å². The van der Waals surface area contributed by atoms with Gasteiger partial charge in [0.2, 0.25) is 0 Å². The van der Waals surface area contributed by atoms with Gasteiger partial charge in [0.25, 0.3) is 0 Å². The Morgan fingerprint density at radius 3 is 2.00 bits per heavy atom. The van der Waals surface area contributed by atoms with Gasteiger partial charge in [-0.2, -0.15) is 0 Å². The number of fused-ring (bicyclic) bond motifs is 1. The summed E-state index contributed by atoms with van der Waals surface area (Å²) in [6, 6.07) is 27.2. The van der Waals surface area contributed by atoms with Crippen LogP contribution in [0.3, 0.4) is 0 Å². The molecule has 30 heavy (non-hydrogen) atoms. The van der Waals surface area contributed by atoms with Crippen LogP contribution < -0.4 is 5.32 Å². The number of para-hydroxylation sites is 1. The molecule has 2 atom stereocenters. The number of benzene rings is 3. The van der Waals surface area contributed by atoms with Gasteiger partial charge >= 0.3 is 0 Å². The third-order valence-corrected chi connectivity index (χ3v) is 6.65. The van der Waals surface area contributed by atoms with Crippen molar-refractivity contribution in [3.63, 3.8) is 0 Å². The Hall–Kier alpha value is -2.81. The van der Waals surface area contributed by atoms with E-state index in [0.29, 0.717) is 0 Å². The summed E-state index contributed by atoms with van der Waals surface area (Å²) in [4.78, 5) is 5.19. The molecular formula is C27H29BN2. The standard InChI is InChI=1S/C27H29BN2/c1-4-19-27(28)26(3,5-2)22-17-12-18-23(25(22)30-27)29-24(20-13-8-6-9-14-20)21-15-10-7-11-16-21/h6-18,30H,4-5,19H2,1-3H3/t26-,27-/m0/s1. The topological polar surface area (TPSA) is 24.4 Å². The summed E-state index contributed by atoms with van der Waals surface area (Å²) in [5, 5.41) is 3.70. The molecule has 2 radical (unpaired) electrons. The highest BCUT2D eigenvalue weighted by Crippen LogP contribution is 2.53. The molecule has 0 fully saturated rings. The lowest BCUT2D eigenvalue weighted by Gasteiger charge is -2.42. The van der Waals surface area contributed by atoms with Crippen LogP contribution in [0.4, 0.5) is 11.4 Å². The van der Waals surface area contributed by atoms with Crippen LogP contribution in [0.15, 0.2) is 83.9 Å². The van der Waals surface area contributed by atoms with E-state index in [2.05, 4.69) is 92.8 Å². The summed E-state index contributed by atoms with van der Waals surface area (Å²) in [6.07, 6.45) is 2.92. The second-order valence-electron chi connectivity index (χ2n) is 8.42. The molecule has 0 unspecified atom stereocenters. The van der Waals surface area contributed by atoms with Gasteiger partial charge in [-0.3, -0.25) is 0 Å². The van der Waals surface area contributed by atoms with Crippen LogP contribution in [0.2, 0.25) is 0 Å². The van der Waals surface area contributed by atoms with Gasteiger partial charge in [0.1, 0.15) is 7.85 Å². The maximum atomic E-state index is 6.97. The molecular weight excluding hydrogens is 363 g/mol. The summed E-state index contributed by atoms with van der Waals surface area (Å²) in [6.45, 7) is 6.70. The van der Waals surface area contributed by atoms with E-state index in [1.165, 1.54) is 5.56 Å². The third kappa shape index (κ3) is 3.37. The van der Waals surface area contributed by atoms with Crippen LogP contribution in [0, 0.1) is 0 Å². The predicted octanol–water partition coefficient (Wildman–Crippen LogP) is 6.61. The minimum absolute atomic E-state index is 0.135. The highest BCUT2D eigenvalue weighted by molar-refractivity contribution is 6.20. The van der Waals surface area contributed by atoms with Crippen LogP contribution in [0.1, 0.15) is 56.7 Å². The first-order valence-corrected chi connectivity index (χ1v) is 10.9. The summed E-state index contributed by atoms with van der Waals surface area (Å²) < 4.78 is 0. The molecule has 1 aliphatic rings. The van der Waals surface area contributed by atoms with Crippen LogP contribution in [-0.4, -0.2) is 19.0 Å². The Kier molecular flexibility index (Phi) is 5.55. The van der Waals surface area contributed by atoms with Gasteiger partial charge in [-0.25, -0.2) is 4.99 Å². The number of nitrogens with zero attached hydrogens (tertiary/aromatic N) is 1. The van der Waals surface area contributed by atoms with E-state index in [4.69, 9.17) is 12.8 Å². The molecule has 1 aliphatic heterocycles. The molecule has 3 heteroatoms. The molecule has 0 amide bonds. The van der Waals surface area contributed by atoms with Crippen molar-refractivity contribution in [2.24, 2.45) is 4.99 Å². The number of rotatable bonds is 6.